The highest BCUT2D eigenvalue weighted by molar-refractivity contribution is 9.10. The van der Waals surface area contributed by atoms with E-state index in [-0.39, 0.29) is 5.57 Å². The summed E-state index contributed by atoms with van der Waals surface area (Å²) in [5.74, 6) is 0.235. The number of nitrogens with zero attached hydrogens (tertiary/aromatic N) is 1. The van der Waals surface area contributed by atoms with Crippen LogP contribution in [0.1, 0.15) is 5.76 Å². The minimum atomic E-state index is -0.462. The summed E-state index contributed by atoms with van der Waals surface area (Å²) in [5, 5.41) is 1.22. The molecule has 1 N–H and O–H groups in total. The number of nitrogens with one attached hydrogen (secondary N) is 1. The molecule has 6 heteroatoms. The molecule has 26 heavy (non-hydrogen) atoms. The van der Waals surface area contributed by atoms with E-state index in [2.05, 4.69) is 21.4 Å². The standard InChI is InChI=1S/C20H13BrN2O3/c21-14-6-8-15(9-7-14)23-20(25)17(19(24)22-23)12-16-10-11-18(26-16)13-4-2-1-3-5-13/h1-12H,(H,22,24)/b17-12-. The molecule has 0 aliphatic carbocycles. The van der Waals surface area contributed by atoms with E-state index < -0.39 is 11.8 Å². The van der Waals surface area contributed by atoms with E-state index in [4.69, 9.17) is 4.42 Å². The van der Waals surface area contributed by atoms with E-state index >= 15 is 0 Å². The number of rotatable bonds is 3. The molecule has 2 heterocycles. The monoisotopic (exact) mass is 408 g/mol. The lowest BCUT2D eigenvalue weighted by atomic mass is 10.2. The molecule has 1 aromatic heterocycles. The fraction of sp³-hybridized carbons (Fsp3) is 0. The van der Waals surface area contributed by atoms with Crippen molar-refractivity contribution in [3.05, 3.63) is 82.5 Å². The first-order chi connectivity index (χ1) is 12.6. The van der Waals surface area contributed by atoms with E-state index in [0.717, 1.165) is 10.0 Å². The number of hydrogen-bond acceptors (Lipinski definition) is 3. The first-order valence-corrected chi connectivity index (χ1v) is 8.69. The summed E-state index contributed by atoms with van der Waals surface area (Å²) in [6.07, 6.45) is 1.46. The molecule has 2 aromatic carbocycles. The number of carbonyl (C=O) groups is 2. The SMILES string of the molecule is O=C1NN(c2ccc(Br)cc2)C(=O)/C1=C\c1ccc(-c2ccccc2)o1. The Kier molecular flexibility index (Phi) is 4.18. The van der Waals surface area contributed by atoms with Crippen molar-refractivity contribution in [2.75, 3.05) is 5.01 Å². The molecule has 0 radical (unpaired) electrons. The van der Waals surface area contributed by atoms with Crippen molar-refractivity contribution in [2.45, 2.75) is 0 Å². The summed E-state index contributed by atoms with van der Waals surface area (Å²) in [5.41, 5.74) is 4.11. The van der Waals surface area contributed by atoms with E-state index in [0.29, 0.717) is 17.2 Å². The van der Waals surface area contributed by atoms with E-state index in [9.17, 15) is 9.59 Å². The van der Waals surface area contributed by atoms with Crippen molar-refractivity contribution in [1.82, 2.24) is 5.43 Å². The Bertz CT molecular complexity index is 1010. The van der Waals surface area contributed by atoms with Crippen LogP contribution in [0.2, 0.25) is 0 Å². The van der Waals surface area contributed by atoms with Gasteiger partial charge in [0, 0.05) is 10.0 Å². The lowest BCUT2D eigenvalue weighted by Crippen LogP contribution is -2.35. The number of hydrogen-bond donors (Lipinski definition) is 1. The number of furan rings is 1. The van der Waals surface area contributed by atoms with Gasteiger partial charge in [-0.1, -0.05) is 46.3 Å². The summed E-state index contributed by atoms with van der Waals surface area (Å²) in [4.78, 5) is 24.8. The molecule has 5 nitrogen and oxygen atoms in total. The minimum Gasteiger partial charge on any atom is -0.457 e. The first-order valence-electron chi connectivity index (χ1n) is 7.90. The smallest absolute Gasteiger partial charge is 0.282 e. The second kappa shape index (κ2) is 6.65. The van der Waals surface area contributed by atoms with Crippen LogP contribution in [-0.2, 0) is 9.59 Å². The van der Waals surface area contributed by atoms with Crippen LogP contribution in [0.25, 0.3) is 17.4 Å². The van der Waals surface area contributed by atoms with E-state index in [1.165, 1.54) is 11.1 Å². The summed E-state index contributed by atoms with van der Waals surface area (Å²) in [7, 11) is 0. The van der Waals surface area contributed by atoms with Crippen molar-refractivity contribution >= 4 is 39.5 Å². The summed E-state index contributed by atoms with van der Waals surface area (Å²) < 4.78 is 6.64. The molecule has 1 aliphatic rings. The molecule has 0 unspecified atom stereocenters. The maximum Gasteiger partial charge on any atom is 0.282 e. The Morgan fingerprint density at radius 3 is 2.38 bits per heavy atom. The van der Waals surface area contributed by atoms with Gasteiger partial charge in [-0.25, -0.2) is 5.01 Å². The van der Waals surface area contributed by atoms with Gasteiger partial charge in [-0.05, 0) is 42.5 Å². The predicted molar refractivity (Wildman–Crippen MR) is 102 cm³/mol. The van der Waals surface area contributed by atoms with Crippen LogP contribution in [0.3, 0.4) is 0 Å². The van der Waals surface area contributed by atoms with Gasteiger partial charge in [-0.3, -0.25) is 15.0 Å². The highest BCUT2D eigenvalue weighted by Gasteiger charge is 2.34. The zero-order chi connectivity index (χ0) is 18.1. The number of halogens is 1. The lowest BCUT2D eigenvalue weighted by molar-refractivity contribution is -0.117. The van der Waals surface area contributed by atoms with Crippen molar-refractivity contribution in [3.8, 4) is 11.3 Å². The largest absolute Gasteiger partial charge is 0.457 e. The van der Waals surface area contributed by atoms with Crippen LogP contribution in [0.4, 0.5) is 5.69 Å². The average molecular weight is 409 g/mol. The van der Waals surface area contributed by atoms with Crippen LogP contribution < -0.4 is 10.4 Å². The third-order valence-electron chi connectivity index (χ3n) is 3.95. The lowest BCUT2D eigenvalue weighted by Gasteiger charge is -2.14. The minimum absolute atomic E-state index is 0.0295. The van der Waals surface area contributed by atoms with Gasteiger partial charge in [0.25, 0.3) is 11.8 Å². The Morgan fingerprint density at radius 1 is 0.923 bits per heavy atom. The van der Waals surface area contributed by atoms with Gasteiger partial charge in [-0.15, -0.1) is 0 Å². The average Bonchev–Trinajstić information content (AvgIpc) is 3.24. The van der Waals surface area contributed by atoms with Crippen molar-refractivity contribution in [2.24, 2.45) is 0 Å². The molecule has 1 aliphatic heterocycles. The van der Waals surface area contributed by atoms with Gasteiger partial charge >= 0.3 is 0 Å². The van der Waals surface area contributed by atoms with E-state index in [1.807, 2.05) is 36.4 Å². The molecular formula is C20H13BrN2O3. The van der Waals surface area contributed by atoms with Gasteiger partial charge in [0.1, 0.15) is 17.1 Å². The Balaban J connectivity index is 1.61. The van der Waals surface area contributed by atoms with Crippen molar-refractivity contribution < 1.29 is 14.0 Å². The predicted octanol–water partition coefficient (Wildman–Crippen LogP) is 4.17. The second-order valence-electron chi connectivity index (χ2n) is 5.68. The number of carbonyl (C=O) groups excluding carboxylic acids is 2. The number of anilines is 1. The number of benzene rings is 2. The van der Waals surface area contributed by atoms with Crippen LogP contribution >= 0.6 is 15.9 Å². The quantitative estimate of drug-likeness (QED) is 0.522. The molecule has 128 valence electrons. The summed E-state index contributed by atoms with van der Waals surface area (Å²) in [6.45, 7) is 0. The van der Waals surface area contributed by atoms with Crippen LogP contribution in [0.15, 0.2) is 81.2 Å². The molecule has 2 amide bonds. The Morgan fingerprint density at radius 2 is 1.65 bits per heavy atom. The fourth-order valence-electron chi connectivity index (χ4n) is 2.66. The Labute approximate surface area is 158 Å². The second-order valence-corrected chi connectivity index (χ2v) is 6.60. The van der Waals surface area contributed by atoms with Gasteiger partial charge in [0.2, 0.25) is 0 Å². The molecule has 1 fully saturated rings. The van der Waals surface area contributed by atoms with E-state index in [1.54, 1.807) is 30.3 Å². The normalized spacial score (nSPS) is 15.6. The molecule has 4 rings (SSSR count). The fourth-order valence-corrected chi connectivity index (χ4v) is 2.92. The highest BCUT2D eigenvalue weighted by Crippen LogP contribution is 2.26. The number of amides is 2. The topological polar surface area (TPSA) is 62.6 Å². The van der Waals surface area contributed by atoms with Gasteiger partial charge in [0.05, 0.1) is 5.69 Å². The zero-order valence-corrected chi connectivity index (χ0v) is 15.1. The maximum absolute atomic E-state index is 12.6. The van der Waals surface area contributed by atoms with Crippen molar-refractivity contribution in [3.63, 3.8) is 0 Å². The highest BCUT2D eigenvalue weighted by atomic mass is 79.9. The summed E-state index contributed by atoms with van der Waals surface area (Å²) in [6, 6.07) is 20.2. The number of hydrazine groups is 1. The van der Waals surface area contributed by atoms with Gasteiger partial charge in [-0.2, -0.15) is 0 Å². The van der Waals surface area contributed by atoms with Gasteiger partial charge < -0.3 is 4.42 Å². The third kappa shape index (κ3) is 3.07. The van der Waals surface area contributed by atoms with Crippen LogP contribution in [0.5, 0.6) is 0 Å². The zero-order valence-electron chi connectivity index (χ0n) is 13.5. The molecule has 3 aromatic rings. The molecule has 0 saturated carbocycles. The van der Waals surface area contributed by atoms with Crippen LogP contribution in [-0.4, -0.2) is 11.8 Å². The third-order valence-corrected chi connectivity index (χ3v) is 4.48. The van der Waals surface area contributed by atoms with Crippen molar-refractivity contribution in [1.29, 1.82) is 0 Å². The van der Waals surface area contributed by atoms with Crippen LogP contribution in [0, 0.1) is 0 Å². The molecular weight excluding hydrogens is 396 g/mol. The molecule has 1 saturated heterocycles. The summed E-state index contributed by atoms with van der Waals surface area (Å²) >= 11 is 3.34. The van der Waals surface area contributed by atoms with Gasteiger partial charge in [0.15, 0.2) is 0 Å². The maximum atomic E-state index is 12.6. The first kappa shape index (κ1) is 16.4. The molecule has 0 atom stereocenters. The Hall–Kier alpha value is -3.12. The molecule has 0 spiro atoms. The molecule has 0 bridgehead atoms.